The van der Waals surface area contributed by atoms with Crippen LogP contribution in [-0.4, -0.2) is 0 Å². The van der Waals surface area contributed by atoms with Crippen LogP contribution in [0.5, 0.6) is 0 Å². The molecule has 1 aromatic rings. The van der Waals surface area contributed by atoms with E-state index in [4.69, 9.17) is 0 Å². The minimum absolute atomic E-state index is 0.477. The average molecular weight is 389 g/mol. The highest BCUT2D eigenvalue weighted by Gasteiger charge is 2.43. The molecule has 6 atom stereocenters. The van der Waals surface area contributed by atoms with E-state index in [0.717, 1.165) is 4.47 Å². The SMILES string of the molecule is Brc1cccc(C2=CC3C4C=CC=CC4C=CC3C3C=CC=CC23)c1. The molecule has 1 heteroatoms. The number of halogens is 1. The monoisotopic (exact) mass is 388 g/mol. The molecule has 0 heterocycles. The molecule has 0 saturated heterocycles. The Bertz CT molecular complexity index is 864. The zero-order valence-corrected chi connectivity index (χ0v) is 15.6. The van der Waals surface area contributed by atoms with Gasteiger partial charge in [0.15, 0.2) is 0 Å². The topological polar surface area (TPSA) is 0 Å². The molecule has 0 bridgehead atoms. The van der Waals surface area contributed by atoms with Crippen LogP contribution in [0.15, 0.2) is 95.6 Å². The van der Waals surface area contributed by atoms with Crippen molar-refractivity contribution in [3.8, 4) is 0 Å². The number of benzene rings is 1. The fraction of sp³-hybridized carbons (Fsp3) is 0.250. The van der Waals surface area contributed by atoms with Gasteiger partial charge in [-0.15, -0.1) is 0 Å². The van der Waals surface area contributed by atoms with Crippen molar-refractivity contribution in [3.05, 3.63) is 101 Å². The zero-order chi connectivity index (χ0) is 16.8. The van der Waals surface area contributed by atoms with E-state index in [1.165, 1.54) is 11.1 Å². The lowest BCUT2D eigenvalue weighted by Crippen LogP contribution is -2.39. The summed E-state index contributed by atoms with van der Waals surface area (Å²) in [4.78, 5) is 0. The van der Waals surface area contributed by atoms with E-state index < -0.39 is 0 Å². The maximum Gasteiger partial charge on any atom is 0.0181 e. The quantitative estimate of drug-likeness (QED) is 0.490. The molecule has 0 amide bonds. The van der Waals surface area contributed by atoms with Crippen molar-refractivity contribution in [1.29, 1.82) is 0 Å². The van der Waals surface area contributed by atoms with E-state index in [1.807, 2.05) is 0 Å². The van der Waals surface area contributed by atoms with Gasteiger partial charge in [0.25, 0.3) is 0 Å². The standard InChI is InChI=1S/C24H21Br/c25-18-8-5-7-17(14-18)23-15-24-19-9-2-1-6-16(19)12-13-22(24)20-10-3-4-11-21(20)23/h1-16,19-22,24H. The largest absolute Gasteiger partial charge is 0.0836 e. The summed E-state index contributed by atoms with van der Waals surface area (Å²) >= 11 is 3.65. The molecule has 124 valence electrons. The molecule has 0 aliphatic heterocycles. The molecule has 6 unspecified atom stereocenters. The van der Waals surface area contributed by atoms with Crippen molar-refractivity contribution in [3.63, 3.8) is 0 Å². The van der Waals surface area contributed by atoms with E-state index in [2.05, 4.69) is 107 Å². The van der Waals surface area contributed by atoms with Gasteiger partial charge in [-0.3, -0.25) is 0 Å². The second kappa shape index (κ2) is 6.14. The van der Waals surface area contributed by atoms with Gasteiger partial charge in [0.05, 0.1) is 0 Å². The van der Waals surface area contributed by atoms with Crippen molar-refractivity contribution in [2.75, 3.05) is 0 Å². The first-order valence-electron chi connectivity index (χ1n) is 9.17. The normalized spacial score (nSPS) is 37.2. The van der Waals surface area contributed by atoms with Crippen LogP contribution in [0, 0.1) is 35.5 Å². The zero-order valence-electron chi connectivity index (χ0n) is 14.0. The van der Waals surface area contributed by atoms with Crippen LogP contribution in [0.3, 0.4) is 0 Å². The Labute approximate surface area is 158 Å². The third-order valence-electron chi connectivity index (χ3n) is 6.18. The molecule has 1 aromatic carbocycles. The van der Waals surface area contributed by atoms with Crippen LogP contribution in [-0.2, 0) is 0 Å². The van der Waals surface area contributed by atoms with E-state index in [0.29, 0.717) is 35.5 Å². The van der Waals surface area contributed by atoms with Crippen LogP contribution in [0.1, 0.15) is 5.56 Å². The number of rotatable bonds is 1. The Morgan fingerprint density at radius 2 is 1.48 bits per heavy atom. The van der Waals surface area contributed by atoms with Gasteiger partial charge in [0.2, 0.25) is 0 Å². The van der Waals surface area contributed by atoms with Gasteiger partial charge >= 0.3 is 0 Å². The summed E-state index contributed by atoms with van der Waals surface area (Å²) in [5.41, 5.74) is 2.84. The lowest BCUT2D eigenvalue weighted by molar-refractivity contribution is 0.236. The van der Waals surface area contributed by atoms with Gasteiger partial charge in [-0.1, -0.05) is 94.9 Å². The molecule has 5 rings (SSSR count). The molecule has 0 N–H and O–H groups in total. The van der Waals surface area contributed by atoms with Gasteiger partial charge in [-0.25, -0.2) is 0 Å². The van der Waals surface area contributed by atoms with Gasteiger partial charge in [-0.2, -0.15) is 0 Å². The van der Waals surface area contributed by atoms with E-state index in [9.17, 15) is 0 Å². The summed E-state index contributed by atoms with van der Waals surface area (Å²) in [6.07, 6.45) is 26.0. The van der Waals surface area contributed by atoms with E-state index in [1.54, 1.807) is 0 Å². The van der Waals surface area contributed by atoms with Crippen LogP contribution in [0.25, 0.3) is 5.57 Å². The van der Waals surface area contributed by atoms with Crippen molar-refractivity contribution in [2.24, 2.45) is 35.5 Å². The van der Waals surface area contributed by atoms with Crippen molar-refractivity contribution >= 4 is 21.5 Å². The Balaban J connectivity index is 1.65. The molecule has 4 aliphatic carbocycles. The summed E-state index contributed by atoms with van der Waals surface area (Å²) in [7, 11) is 0. The van der Waals surface area contributed by atoms with E-state index >= 15 is 0 Å². The fourth-order valence-corrected chi connectivity index (χ4v) is 5.44. The lowest BCUT2D eigenvalue weighted by atomic mass is 9.57. The lowest BCUT2D eigenvalue weighted by Gasteiger charge is -2.46. The van der Waals surface area contributed by atoms with Gasteiger partial charge in [0.1, 0.15) is 0 Å². The first-order chi connectivity index (χ1) is 12.3. The smallest absolute Gasteiger partial charge is 0.0181 e. The number of fused-ring (bicyclic) bond motifs is 5. The number of allylic oxidation sites excluding steroid dienone is 12. The average Bonchev–Trinajstić information content (AvgIpc) is 2.67. The van der Waals surface area contributed by atoms with Crippen molar-refractivity contribution < 1.29 is 0 Å². The molecule has 0 radical (unpaired) electrons. The highest BCUT2D eigenvalue weighted by atomic mass is 79.9. The number of hydrogen-bond acceptors (Lipinski definition) is 0. The molecular weight excluding hydrogens is 368 g/mol. The minimum atomic E-state index is 0.477. The summed E-state index contributed by atoms with van der Waals surface area (Å²) in [6.45, 7) is 0. The highest BCUT2D eigenvalue weighted by Crippen LogP contribution is 2.52. The molecule has 0 aromatic heterocycles. The molecular formula is C24H21Br. The van der Waals surface area contributed by atoms with Crippen LogP contribution >= 0.6 is 15.9 Å². The second-order valence-electron chi connectivity index (χ2n) is 7.47. The Hall–Kier alpha value is -1.86. The summed E-state index contributed by atoms with van der Waals surface area (Å²) in [5.74, 6) is 3.34. The predicted molar refractivity (Wildman–Crippen MR) is 109 cm³/mol. The molecule has 0 nitrogen and oxygen atoms in total. The van der Waals surface area contributed by atoms with Crippen molar-refractivity contribution in [1.82, 2.24) is 0 Å². The van der Waals surface area contributed by atoms with E-state index in [-0.39, 0.29) is 0 Å². The van der Waals surface area contributed by atoms with Gasteiger partial charge in [0, 0.05) is 16.3 Å². The Kier molecular flexibility index (Phi) is 3.78. The third-order valence-corrected chi connectivity index (χ3v) is 6.67. The van der Waals surface area contributed by atoms with Crippen molar-refractivity contribution in [2.45, 2.75) is 0 Å². The molecule has 0 spiro atoms. The summed E-state index contributed by atoms with van der Waals surface area (Å²) in [5, 5.41) is 0. The summed E-state index contributed by atoms with van der Waals surface area (Å²) < 4.78 is 1.15. The third kappa shape index (κ3) is 2.57. The fourth-order valence-electron chi connectivity index (χ4n) is 5.05. The first-order valence-corrected chi connectivity index (χ1v) is 9.96. The molecule has 25 heavy (non-hydrogen) atoms. The highest BCUT2D eigenvalue weighted by molar-refractivity contribution is 9.10. The minimum Gasteiger partial charge on any atom is -0.0836 e. The Morgan fingerprint density at radius 1 is 0.680 bits per heavy atom. The van der Waals surface area contributed by atoms with Crippen LogP contribution < -0.4 is 0 Å². The Morgan fingerprint density at radius 3 is 2.36 bits per heavy atom. The van der Waals surface area contributed by atoms with Crippen LogP contribution in [0.2, 0.25) is 0 Å². The number of hydrogen-bond donors (Lipinski definition) is 0. The molecule has 4 aliphatic rings. The maximum absolute atomic E-state index is 3.65. The van der Waals surface area contributed by atoms with Crippen LogP contribution in [0.4, 0.5) is 0 Å². The molecule has 0 fully saturated rings. The first kappa shape index (κ1) is 15.4. The van der Waals surface area contributed by atoms with Gasteiger partial charge < -0.3 is 0 Å². The summed E-state index contributed by atoms with van der Waals surface area (Å²) in [6, 6.07) is 8.78. The predicted octanol–water partition coefficient (Wildman–Crippen LogP) is 6.37. The second-order valence-corrected chi connectivity index (χ2v) is 8.39. The maximum atomic E-state index is 3.65. The molecule has 0 saturated carbocycles. The van der Waals surface area contributed by atoms with Gasteiger partial charge in [-0.05, 0) is 46.9 Å².